The van der Waals surface area contributed by atoms with Crippen molar-refractivity contribution in [3.05, 3.63) is 72.4 Å². The number of hydrogen-bond acceptors (Lipinski definition) is 3. The monoisotopic (exact) mass is 377 g/mol. The second kappa shape index (κ2) is 7.84. The first kappa shape index (κ1) is 17.6. The summed E-state index contributed by atoms with van der Waals surface area (Å²) in [6.45, 7) is 0.930. The van der Waals surface area contributed by atoms with Crippen molar-refractivity contribution >= 4 is 21.7 Å². The van der Waals surface area contributed by atoms with E-state index in [4.69, 9.17) is 9.72 Å². The maximum atomic E-state index is 5.23. The number of pyridine rings is 1. The van der Waals surface area contributed by atoms with Crippen LogP contribution in [0.3, 0.4) is 0 Å². The topological polar surface area (TPSA) is 32.0 Å². The summed E-state index contributed by atoms with van der Waals surface area (Å²) in [7, 11) is 3.80. The number of nitrogens with zero attached hydrogens (tertiary/aromatic N) is 3. The number of ether oxygens (including phenoxy) is 1. The molecule has 2 heterocycles. The molecule has 0 amide bonds. The molecule has 2 aromatic carbocycles. The van der Waals surface area contributed by atoms with Gasteiger partial charge in [0.1, 0.15) is 5.75 Å². The molecule has 2 aromatic rings. The molecule has 0 aromatic heterocycles. The van der Waals surface area contributed by atoms with E-state index >= 15 is 0 Å². The van der Waals surface area contributed by atoms with Crippen LogP contribution in [0.1, 0.15) is 12.0 Å². The third kappa shape index (κ3) is 3.83. The number of aryl methyl sites for hydroxylation is 3. The fourth-order valence-electron chi connectivity index (χ4n) is 3.26. The third-order valence-electron chi connectivity index (χ3n) is 4.71. The van der Waals surface area contributed by atoms with Crippen molar-refractivity contribution in [1.82, 2.24) is 13.5 Å². The van der Waals surface area contributed by atoms with Gasteiger partial charge in [0.15, 0.2) is 5.82 Å². The summed E-state index contributed by atoms with van der Waals surface area (Å²) in [5.74, 6) is 1.92. The van der Waals surface area contributed by atoms with Gasteiger partial charge in [-0.2, -0.15) is 0 Å². The average Bonchev–Trinajstić information content (AvgIpc) is 2.85. The van der Waals surface area contributed by atoms with Crippen LogP contribution in [-0.2, 0) is 20.0 Å². The standard InChI is InChI=1S/C22H23N3OS/c1-24-20-9-6-16-25(15-5-7-17-11-13-18(26-2)14-12-17)22(20)23-19-8-3-4-10-21(19)27-24/h3-4,6,8-14,16H,5,7,15H2,1-2H3. The Morgan fingerprint density at radius 1 is 1.00 bits per heavy atom. The van der Waals surface area contributed by atoms with Gasteiger partial charge in [0.05, 0.1) is 23.0 Å². The van der Waals surface area contributed by atoms with E-state index in [1.54, 1.807) is 18.6 Å². The van der Waals surface area contributed by atoms with E-state index in [2.05, 4.69) is 64.2 Å². The van der Waals surface area contributed by atoms with Crippen molar-refractivity contribution in [3.8, 4) is 17.3 Å². The lowest BCUT2D eigenvalue weighted by molar-refractivity contribution is 0.414. The molecule has 0 atom stereocenters. The lowest BCUT2D eigenvalue weighted by Gasteiger charge is -2.14. The Kier molecular flexibility index (Phi) is 5.12. The number of benzene rings is 2. The maximum absolute atomic E-state index is 5.23. The first-order valence-corrected chi connectivity index (χ1v) is 9.90. The fraction of sp³-hybridized carbons (Fsp3) is 0.227. The fourth-order valence-corrected chi connectivity index (χ4v) is 4.14. The van der Waals surface area contributed by atoms with E-state index in [1.165, 1.54) is 10.3 Å². The molecule has 4 rings (SSSR count). The second-order valence-corrected chi connectivity index (χ2v) is 7.70. The van der Waals surface area contributed by atoms with E-state index in [-0.39, 0.29) is 0 Å². The average molecular weight is 378 g/mol. The van der Waals surface area contributed by atoms with Gasteiger partial charge in [0, 0.05) is 19.8 Å². The van der Waals surface area contributed by atoms with Crippen molar-refractivity contribution in [2.45, 2.75) is 19.4 Å². The highest BCUT2D eigenvalue weighted by atomic mass is 32.1. The Morgan fingerprint density at radius 3 is 2.63 bits per heavy atom. The molecule has 0 radical (unpaired) electrons. The quantitative estimate of drug-likeness (QED) is 0.472. The molecule has 27 heavy (non-hydrogen) atoms. The van der Waals surface area contributed by atoms with E-state index in [0.717, 1.165) is 42.2 Å². The predicted molar refractivity (Wildman–Crippen MR) is 112 cm³/mol. The smallest absolute Gasteiger partial charge is 0.158 e. The summed E-state index contributed by atoms with van der Waals surface area (Å²) < 4.78 is 10.9. The van der Waals surface area contributed by atoms with E-state index in [1.807, 2.05) is 18.2 Å². The highest BCUT2D eigenvalue weighted by molar-refractivity contribution is 7.13. The number of rotatable bonds is 5. The minimum Gasteiger partial charge on any atom is -0.497 e. The zero-order valence-corrected chi connectivity index (χ0v) is 16.4. The van der Waals surface area contributed by atoms with Crippen molar-refractivity contribution in [3.63, 3.8) is 0 Å². The molecule has 0 fully saturated rings. The molecule has 4 nitrogen and oxygen atoms in total. The van der Waals surface area contributed by atoms with Crippen LogP contribution < -0.4 is 4.74 Å². The Hall–Kier alpha value is -2.79. The van der Waals surface area contributed by atoms with Crippen LogP contribution >= 0.6 is 11.5 Å². The van der Waals surface area contributed by atoms with Gasteiger partial charge in [-0.25, -0.2) is 4.98 Å². The molecule has 2 aliphatic heterocycles. The SMILES string of the molecule is COc1ccc(CCCn2cccc3n(C)sc4ccccc4nc2-3)cc1. The van der Waals surface area contributed by atoms with Crippen LogP contribution in [0.25, 0.3) is 21.7 Å². The maximum Gasteiger partial charge on any atom is 0.158 e. The molecule has 0 spiro atoms. The Balaban J connectivity index is 1.61. The summed E-state index contributed by atoms with van der Waals surface area (Å²) in [5.41, 5.74) is 3.50. The summed E-state index contributed by atoms with van der Waals surface area (Å²) in [6.07, 6.45) is 4.21. The predicted octanol–water partition coefficient (Wildman–Crippen LogP) is 5.31. The summed E-state index contributed by atoms with van der Waals surface area (Å²) in [6, 6.07) is 20.9. The lowest BCUT2D eigenvalue weighted by atomic mass is 10.1. The first-order chi connectivity index (χ1) is 13.2. The number of fused-ring (bicyclic) bond motifs is 2. The minimum atomic E-state index is 0.902. The molecule has 138 valence electrons. The van der Waals surface area contributed by atoms with Gasteiger partial charge < -0.3 is 9.30 Å². The highest BCUT2D eigenvalue weighted by Crippen LogP contribution is 2.25. The minimum absolute atomic E-state index is 0.902. The Morgan fingerprint density at radius 2 is 1.81 bits per heavy atom. The summed E-state index contributed by atoms with van der Waals surface area (Å²) >= 11 is 1.72. The van der Waals surface area contributed by atoms with Gasteiger partial charge >= 0.3 is 0 Å². The lowest BCUT2D eigenvalue weighted by Crippen LogP contribution is -2.08. The van der Waals surface area contributed by atoms with E-state index in [9.17, 15) is 0 Å². The molecule has 0 unspecified atom stereocenters. The number of para-hydroxylation sites is 1. The molecular formula is C22H23N3OS. The van der Waals surface area contributed by atoms with Crippen molar-refractivity contribution < 1.29 is 4.74 Å². The molecule has 0 saturated carbocycles. The zero-order valence-electron chi connectivity index (χ0n) is 15.6. The Bertz CT molecular complexity index is 1060. The molecular weight excluding hydrogens is 354 g/mol. The first-order valence-electron chi connectivity index (χ1n) is 9.12. The van der Waals surface area contributed by atoms with Gasteiger partial charge in [0.25, 0.3) is 0 Å². The van der Waals surface area contributed by atoms with Crippen LogP contribution in [0.2, 0.25) is 0 Å². The van der Waals surface area contributed by atoms with Crippen LogP contribution in [0.4, 0.5) is 0 Å². The van der Waals surface area contributed by atoms with E-state index in [0.29, 0.717) is 0 Å². The van der Waals surface area contributed by atoms with Crippen LogP contribution in [0, 0.1) is 0 Å². The van der Waals surface area contributed by atoms with Crippen LogP contribution in [0.5, 0.6) is 5.75 Å². The number of methoxy groups -OCH3 is 1. The van der Waals surface area contributed by atoms with Gasteiger partial charge in [0.2, 0.25) is 0 Å². The molecule has 0 N–H and O–H groups in total. The van der Waals surface area contributed by atoms with Gasteiger partial charge in [-0.05, 0) is 54.8 Å². The largest absolute Gasteiger partial charge is 0.497 e. The zero-order chi connectivity index (χ0) is 18.6. The molecule has 0 aliphatic carbocycles. The second-order valence-electron chi connectivity index (χ2n) is 6.53. The third-order valence-corrected chi connectivity index (χ3v) is 5.72. The number of hydrogen-bond donors (Lipinski definition) is 0. The van der Waals surface area contributed by atoms with E-state index < -0.39 is 0 Å². The molecule has 2 aliphatic rings. The molecule has 0 saturated heterocycles. The van der Waals surface area contributed by atoms with Crippen LogP contribution in [0.15, 0.2) is 66.9 Å². The van der Waals surface area contributed by atoms with Crippen molar-refractivity contribution in [2.75, 3.05) is 7.11 Å². The van der Waals surface area contributed by atoms with Crippen molar-refractivity contribution in [1.29, 1.82) is 0 Å². The number of aromatic nitrogens is 3. The Labute approximate surface area is 163 Å². The van der Waals surface area contributed by atoms with Gasteiger partial charge in [-0.3, -0.25) is 3.96 Å². The summed E-state index contributed by atoms with van der Waals surface area (Å²) in [4.78, 5) is 4.99. The molecule has 0 bridgehead atoms. The van der Waals surface area contributed by atoms with Gasteiger partial charge in [-0.15, -0.1) is 0 Å². The van der Waals surface area contributed by atoms with Crippen LogP contribution in [-0.4, -0.2) is 20.6 Å². The van der Waals surface area contributed by atoms with Gasteiger partial charge in [-0.1, -0.05) is 35.8 Å². The highest BCUT2D eigenvalue weighted by Gasteiger charge is 2.10. The normalized spacial score (nSPS) is 11.0. The molecule has 5 heteroatoms. The summed E-state index contributed by atoms with van der Waals surface area (Å²) in [5, 5.41) is 0. The van der Waals surface area contributed by atoms with Crippen molar-refractivity contribution in [2.24, 2.45) is 7.05 Å².